The van der Waals surface area contributed by atoms with E-state index in [0.29, 0.717) is 12.1 Å². The lowest BCUT2D eigenvalue weighted by atomic mass is 10.00. The number of thioether (sulfide) groups is 1. The minimum Gasteiger partial charge on any atom is -0.303 e. The molecule has 0 aromatic heterocycles. The highest BCUT2D eigenvalue weighted by Crippen LogP contribution is 2.34. The van der Waals surface area contributed by atoms with Gasteiger partial charge in [0.25, 0.3) is 0 Å². The van der Waals surface area contributed by atoms with E-state index < -0.39 is 0 Å². The van der Waals surface area contributed by atoms with Crippen molar-refractivity contribution in [1.29, 1.82) is 0 Å². The molecule has 0 fully saturated rings. The molecule has 0 bridgehead atoms. The average Bonchev–Trinajstić information content (AvgIpc) is 2.48. The van der Waals surface area contributed by atoms with E-state index in [1.807, 2.05) is 11.8 Å². The standard InChI is InChI=1S/C17H18BrNS/c1-12(14-7-4-5-9-16(14)18)19-17-11-20-10-13-6-2-3-8-15(13)17/h2-9,12,17,19H,10-11H2,1H3. The molecule has 0 amide bonds. The van der Waals surface area contributed by atoms with E-state index in [2.05, 4.69) is 76.7 Å². The topological polar surface area (TPSA) is 12.0 Å². The van der Waals surface area contributed by atoms with Crippen molar-refractivity contribution in [2.24, 2.45) is 0 Å². The normalized spacial score (nSPS) is 19.4. The molecule has 2 atom stereocenters. The predicted molar refractivity (Wildman–Crippen MR) is 91.0 cm³/mol. The largest absolute Gasteiger partial charge is 0.303 e. The highest BCUT2D eigenvalue weighted by atomic mass is 79.9. The van der Waals surface area contributed by atoms with Crippen LogP contribution >= 0.6 is 27.7 Å². The maximum atomic E-state index is 3.78. The van der Waals surface area contributed by atoms with Crippen molar-refractivity contribution in [3.05, 3.63) is 69.7 Å². The van der Waals surface area contributed by atoms with Crippen molar-refractivity contribution in [1.82, 2.24) is 5.32 Å². The Bertz CT molecular complexity index is 599. The van der Waals surface area contributed by atoms with Gasteiger partial charge < -0.3 is 5.32 Å². The highest BCUT2D eigenvalue weighted by molar-refractivity contribution is 9.10. The summed E-state index contributed by atoms with van der Waals surface area (Å²) in [5.41, 5.74) is 4.26. The molecule has 2 aromatic carbocycles. The first kappa shape index (κ1) is 14.2. The van der Waals surface area contributed by atoms with Crippen molar-refractivity contribution in [3.63, 3.8) is 0 Å². The molecular formula is C17H18BrNS. The van der Waals surface area contributed by atoms with Crippen LogP contribution in [0.1, 0.15) is 35.7 Å². The SMILES string of the molecule is CC(NC1CSCc2ccccc21)c1ccccc1Br. The van der Waals surface area contributed by atoms with E-state index in [9.17, 15) is 0 Å². The molecule has 3 heteroatoms. The molecule has 2 aromatic rings. The van der Waals surface area contributed by atoms with Gasteiger partial charge in [0.15, 0.2) is 0 Å². The number of benzene rings is 2. The van der Waals surface area contributed by atoms with Crippen LogP contribution in [-0.4, -0.2) is 5.75 Å². The fourth-order valence-corrected chi connectivity index (χ4v) is 4.48. The van der Waals surface area contributed by atoms with Gasteiger partial charge in [0.05, 0.1) is 0 Å². The summed E-state index contributed by atoms with van der Waals surface area (Å²) in [7, 11) is 0. The second-order valence-electron chi connectivity index (χ2n) is 5.18. The summed E-state index contributed by atoms with van der Waals surface area (Å²) >= 11 is 5.66. The second-order valence-corrected chi connectivity index (χ2v) is 7.06. The van der Waals surface area contributed by atoms with Crippen molar-refractivity contribution in [2.75, 3.05) is 5.75 Å². The number of nitrogens with one attached hydrogen (secondary N) is 1. The van der Waals surface area contributed by atoms with Crippen LogP contribution in [-0.2, 0) is 5.75 Å². The van der Waals surface area contributed by atoms with Gasteiger partial charge in [-0.1, -0.05) is 58.4 Å². The summed E-state index contributed by atoms with van der Waals surface area (Å²) in [5, 5.41) is 3.78. The quantitative estimate of drug-likeness (QED) is 0.829. The van der Waals surface area contributed by atoms with Gasteiger partial charge in [0.2, 0.25) is 0 Å². The Morgan fingerprint density at radius 2 is 1.90 bits per heavy atom. The number of halogens is 1. The monoisotopic (exact) mass is 347 g/mol. The molecule has 0 aliphatic carbocycles. The maximum Gasteiger partial charge on any atom is 0.0419 e. The molecule has 20 heavy (non-hydrogen) atoms. The summed E-state index contributed by atoms with van der Waals surface area (Å²) in [6, 6.07) is 18.0. The second kappa shape index (κ2) is 6.33. The molecular weight excluding hydrogens is 330 g/mol. The first-order chi connectivity index (χ1) is 9.75. The fraction of sp³-hybridized carbons (Fsp3) is 0.294. The lowest BCUT2D eigenvalue weighted by Gasteiger charge is -2.29. The molecule has 3 rings (SSSR count). The lowest BCUT2D eigenvalue weighted by molar-refractivity contribution is 0.494. The van der Waals surface area contributed by atoms with E-state index >= 15 is 0 Å². The van der Waals surface area contributed by atoms with Gasteiger partial charge in [-0.3, -0.25) is 0 Å². The first-order valence-corrected chi connectivity index (χ1v) is 8.86. The van der Waals surface area contributed by atoms with Crippen LogP contribution in [0.25, 0.3) is 0 Å². The van der Waals surface area contributed by atoms with Gasteiger partial charge in [0.1, 0.15) is 0 Å². The Hall–Kier alpha value is -0.770. The molecule has 1 nitrogen and oxygen atoms in total. The lowest BCUT2D eigenvalue weighted by Crippen LogP contribution is -2.29. The fourth-order valence-electron chi connectivity index (χ4n) is 2.74. The van der Waals surface area contributed by atoms with Gasteiger partial charge in [-0.15, -0.1) is 0 Å². The number of hydrogen-bond acceptors (Lipinski definition) is 2. The minimum absolute atomic E-state index is 0.335. The summed E-state index contributed by atoms with van der Waals surface area (Å²) in [6.07, 6.45) is 0. The molecule has 1 aliphatic heterocycles. The molecule has 2 unspecified atom stereocenters. The highest BCUT2D eigenvalue weighted by Gasteiger charge is 2.22. The van der Waals surface area contributed by atoms with Crippen molar-refractivity contribution < 1.29 is 0 Å². The molecule has 104 valence electrons. The van der Waals surface area contributed by atoms with Crippen LogP contribution in [0.3, 0.4) is 0 Å². The van der Waals surface area contributed by atoms with E-state index in [1.54, 1.807) is 0 Å². The van der Waals surface area contributed by atoms with Gasteiger partial charge in [-0.05, 0) is 29.7 Å². The van der Waals surface area contributed by atoms with E-state index in [4.69, 9.17) is 0 Å². The minimum atomic E-state index is 0.335. The van der Waals surface area contributed by atoms with Crippen LogP contribution in [0, 0.1) is 0 Å². The van der Waals surface area contributed by atoms with E-state index in [-0.39, 0.29) is 0 Å². The summed E-state index contributed by atoms with van der Waals surface area (Å²) in [4.78, 5) is 0. The molecule has 0 saturated carbocycles. The molecule has 1 N–H and O–H groups in total. The third kappa shape index (κ3) is 2.95. The number of hydrogen-bond donors (Lipinski definition) is 1. The van der Waals surface area contributed by atoms with Crippen LogP contribution < -0.4 is 5.32 Å². The van der Waals surface area contributed by atoms with Crippen molar-refractivity contribution in [3.8, 4) is 0 Å². The third-order valence-electron chi connectivity index (χ3n) is 3.80. The van der Waals surface area contributed by atoms with Crippen molar-refractivity contribution >= 4 is 27.7 Å². The summed E-state index contributed by atoms with van der Waals surface area (Å²) < 4.78 is 1.18. The molecule has 0 radical (unpaired) electrons. The maximum absolute atomic E-state index is 3.78. The molecule has 0 saturated heterocycles. The molecule has 1 heterocycles. The van der Waals surface area contributed by atoms with Gasteiger partial charge >= 0.3 is 0 Å². The third-order valence-corrected chi connectivity index (χ3v) is 5.60. The Labute approximate surface area is 133 Å². The van der Waals surface area contributed by atoms with Crippen LogP contribution in [0.15, 0.2) is 53.0 Å². The number of fused-ring (bicyclic) bond motifs is 1. The van der Waals surface area contributed by atoms with Gasteiger partial charge in [-0.2, -0.15) is 11.8 Å². The van der Waals surface area contributed by atoms with E-state index in [0.717, 1.165) is 11.5 Å². The van der Waals surface area contributed by atoms with Gasteiger partial charge in [0, 0.05) is 28.1 Å². The van der Waals surface area contributed by atoms with Crippen molar-refractivity contribution in [2.45, 2.75) is 24.8 Å². The Morgan fingerprint density at radius 3 is 2.75 bits per heavy atom. The zero-order chi connectivity index (χ0) is 13.9. The van der Waals surface area contributed by atoms with Crippen LogP contribution in [0.5, 0.6) is 0 Å². The van der Waals surface area contributed by atoms with E-state index in [1.165, 1.54) is 21.2 Å². The number of rotatable bonds is 3. The Kier molecular flexibility index (Phi) is 4.49. The zero-order valence-corrected chi connectivity index (χ0v) is 13.9. The van der Waals surface area contributed by atoms with Gasteiger partial charge in [-0.25, -0.2) is 0 Å². The zero-order valence-electron chi connectivity index (χ0n) is 11.5. The Balaban J connectivity index is 1.81. The Morgan fingerprint density at radius 1 is 1.15 bits per heavy atom. The summed E-state index contributed by atoms with van der Waals surface area (Å²) in [6.45, 7) is 2.24. The smallest absolute Gasteiger partial charge is 0.0419 e. The summed E-state index contributed by atoms with van der Waals surface area (Å²) in [5.74, 6) is 2.28. The molecule has 0 spiro atoms. The van der Waals surface area contributed by atoms with Crippen LogP contribution in [0.4, 0.5) is 0 Å². The average molecular weight is 348 g/mol. The molecule has 1 aliphatic rings. The first-order valence-electron chi connectivity index (χ1n) is 6.91. The van der Waals surface area contributed by atoms with Crippen LogP contribution in [0.2, 0.25) is 0 Å². The predicted octanol–water partition coefficient (Wildman–Crippen LogP) is 5.09.